The molecule has 0 radical (unpaired) electrons. The Bertz CT molecular complexity index is 886. The van der Waals surface area contributed by atoms with E-state index in [0.29, 0.717) is 29.5 Å². The van der Waals surface area contributed by atoms with Crippen LogP contribution in [0.1, 0.15) is 15.9 Å². The quantitative estimate of drug-likeness (QED) is 0.260. The molecule has 27 heavy (non-hydrogen) atoms. The van der Waals surface area contributed by atoms with Crippen LogP contribution in [0.15, 0.2) is 54.1 Å². The summed E-state index contributed by atoms with van der Waals surface area (Å²) in [5, 5.41) is 12.0. The minimum atomic E-state index is -0.570. The number of halogens is 1. The van der Waals surface area contributed by atoms with Crippen LogP contribution in [0, 0.1) is 11.3 Å². The van der Waals surface area contributed by atoms with Gasteiger partial charge in [0.2, 0.25) is 0 Å². The first-order valence-electron chi connectivity index (χ1n) is 8.01. The maximum atomic E-state index is 12.1. The van der Waals surface area contributed by atoms with Gasteiger partial charge in [-0.25, -0.2) is 4.79 Å². The molecule has 2 rings (SSSR count). The highest BCUT2D eigenvalue weighted by atomic mass is 35.5. The fourth-order valence-electron chi connectivity index (χ4n) is 2.10. The normalized spacial score (nSPS) is 10.8. The molecule has 0 atom stereocenters. The van der Waals surface area contributed by atoms with Gasteiger partial charge >= 0.3 is 5.97 Å². The first-order valence-corrected chi connectivity index (χ1v) is 8.38. The van der Waals surface area contributed by atoms with E-state index in [2.05, 4.69) is 5.32 Å². The lowest BCUT2D eigenvalue weighted by Crippen LogP contribution is -2.27. The van der Waals surface area contributed by atoms with Crippen LogP contribution in [-0.4, -0.2) is 32.1 Å². The van der Waals surface area contributed by atoms with Gasteiger partial charge in [-0.1, -0.05) is 35.9 Å². The maximum absolute atomic E-state index is 12.1. The highest BCUT2D eigenvalue weighted by Crippen LogP contribution is 2.19. The SMILES string of the molecule is COCCNC(=O)/C(C#N)=C/c1ccc(OC(=O)c2ccccc2Cl)cc1. The number of rotatable bonds is 7. The monoisotopic (exact) mass is 384 g/mol. The highest BCUT2D eigenvalue weighted by Gasteiger charge is 2.12. The second-order valence-electron chi connectivity index (χ2n) is 5.36. The van der Waals surface area contributed by atoms with Crippen LogP contribution in [-0.2, 0) is 9.53 Å². The van der Waals surface area contributed by atoms with Crippen LogP contribution in [0.2, 0.25) is 5.02 Å². The van der Waals surface area contributed by atoms with E-state index in [0.717, 1.165) is 0 Å². The van der Waals surface area contributed by atoms with Crippen LogP contribution in [0.5, 0.6) is 5.75 Å². The summed E-state index contributed by atoms with van der Waals surface area (Å²) in [7, 11) is 1.52. The molecule has 1 N–H and O–H groups in total. The largest absolute Gasteiger partial charge is 0.423 e. The second-order valence-corrected chi connectivity index (χ2v) is 5.76. The zero-order chi connectivity index (χ0) is 19.6. The third kappa shape index (κ3) is 5.96. The molecule has 0 aliphatic heterocycles. The molecule has 0 unspecified atom stereocenters. The Balaban J connectivity index is 2.05. The standard InChI is InChI=1S/C20H17ClN2O4/c1-26-11-10-23-19(24)15(13-22)12-14-6-8-16(9-7-14)27-20(25)17-4-2-3-5-18(17)21/h2-9,12H,10-11H2,1H3,(H,23,24)/b15-12+. The Labute approximate surface area is 162 Å². The molecule has 2 aromatic carbocycles. The Morgan fingerprint density at radius 3 is 2.52 bits per heavy atom. The van der Waals surface area contributed by atoms with Crippen molar-refractivity contribution in [2.45, 2.75) is 0 Å². The predicted octanol–water partition coefficient (Wildman–Crippen LogP) is 3.23. The van der Waals surface area contributed by atoms with Gasteiger partial charge in [0.05, 0.1) is 17.2 Å². The average Bonchev–Trinajstić information content (AvgIpc) is 2.67. The summed E-state index contributed by atoms with van der Waals surface area (Å²) in [6.45, 7) is 0.668. The number of methoxy groups -OCH3 is 1. The number of nitriles is 1. The van der Waals surface area contributed by atoms with Crippen molar-refractivity contribution in [2.24, 2.45) is 0 Å². The molecule has 0 saturated carbocycles. The van der Waals surface area contributed by atoms with Gasteiger partial charge < -0.3 is 14.8 Å². The van der Waals surface area contributed by atoms with Crippen molar-refractivity contribution >= 4 is 29.6 Å². The van der Waals surface area contributed by atoms with E-state index >= 15 is 0 Å². The van der Waals surface area contributed by atoms with Crippen molar-refractivity contribution in [1.82, 2.24) is 5.32 Å². The number of carbonyl (C=O) groups excluding carboxylic acids is 2. The minimum Gasteiger partial charge on any atom is -0.423 e. The summed E-state index contributed by atoms with van der Waals surface area (Å²) in [6.07, 6.45) is 1.45. The molecule has 0 aromatic heterocycles. The van der Waals surface area contributed by atoms with Crippen LogP contribution in [0.25, 0.3) is 6.08 Å². The van der Waals surface area contributed by atoms with Crippen molar-refractivity contribution < 1.29 is 19.1 Å². The van der Waals surface area contributed by atoms with E-state index in [-0.39, 0.29) is 11.1 Å². The lowest BCUT2D eigenvalue weighted by molar-refractivity contribution is -0.117. The van der Waals surface area contributed by atoms with Gasteiger partial charge in [-0.05, 0) is 35.9 Å². The Morgan fingerprint density at radius 2 is 1.89 bits per heavy atom. The van der Waals surface area contributed by atoms with Crippen LogP contribution in [0.4, 0.5) is 0 Å². The zero-order valence-electron chi connectivity index (χ0n) is 14.6. The molecule has 1 amide bonds. The molecule has 0 heterocycles. The van der Waals surface area contributed by atoms with E-state index < -0.39 is 11.9 Å². The summed E-state index contributed by atoms with van der Waals surface area (Å²) >= 11 is 5.97. The molecule has 0 aliphatic rings. The summed E-state index contributed by atoms with van der Waals surface area (Å²) in [5.41, 5.74) is 0.848. The topological polar surface area (TPSA) is 88.4 Å². The highest BCUT2D eigenvalue weighted by molar-refractivity contribution is 6.33. The molecule has 7 heteroatoms. The minimum absolute atomic E-state index is 0.0353. The molecular formula is C20H17ClN2O4. The van der Waals surface area contributed by atoms with Crippen molar-refractivity contribution in [3.63, 3.8) is 0 Å². The number of benzene rings is 2. The molecule has 2 aromatic rings. The molecular weight excluding hydrogens is 368 g/mol. The third-order valence-corrected chi connectivity index (χ3v) is 3.78. The number of amides is 1. The Hall–Kier alpha value is -3.14. The van der Waals surface area contributed by atoms with Gasteiger partial charge in [0, 0.05) is 13.7 Å². The predicted molar refractivity (Wildman–Crippen MR) is 101 cm³/mol. The lowest BCUT2D eigenvalue weighted by atomic mass is 10.1. The number of hydrogen-bond donors (Lipinski definition) is 1. The number of hydrogen-bond acceptors (Lipinski definition) is 5. The van der Waals surface area contributed by atoms with Crippen molar-refractivity contribution in [1.29, 1.82) is 5.26 Å². The molecule has 6 nitrogen and oxygen atoms in total. The molecule has 0 bridgehead atoms. The molecule has 0 fully saturated rings. The van der Waals surface area contributed by atoms with Gasteiger partial charge in [0.1, 0.15) is 17.4 Å². The fourth-order valence-corrected chi connectivity index (χ4v) is 2.31. The van der Waals surface area contributed by atoms with E-state index in [1.165, 1.54) is 13.2 Å². The van der Waals surface area contributed by atoms with Crippen LogP contribution >= 0.6 is 11.6 Å². The van der Waals surface area contributed by atoms with E-state index in [4.69, 9.17) is 26.3 Å². The number of nitrogens with one attached hydrogen (secondary N) is 1. The number of ether oxygens (including phenoxy) is 2. The molecule has 0 spiro atoms. The molecule has 138 valence electrons. The zero-order valence-corrected chi connectivity index (χ0v) is 15.3. The van der Waals surface area contributed by atoms with Crippen molar-refractivity contribution in [3.05, 3.63) is 70.3 Å². The van der Waals surface area contributed by atoms with Gasteiger partial charge in [-0.15, -0.1) is 0 Å². The third-order valence-electron chi connectivity index (χ3n) is 3.45. The summed E-state index contributed by atoms with van der Waals surface area (Å²) in [6, 6.07) is 14.9. The molecule has 0 saturated heterocycles. The van der Waals surface area contributed by atoms with Crippen molar-refractivity contribution in [3.8, 4) is 11.8 Å². The Morgan fingerprint density at radius 1 is 1.19 bits per heavy atom. The lowest BCUT2D eigenvalue weighted by Gasteiger charge is -2.06. The van der Waals surface area contributed by atoms with Crippen LogP contribution in [0.3, 0.4) is 0 Å². The second kappa shape index (κ2) is 10.1. The summed E-state index contributed by atoms with van der Waals surface area (Å²) in [5.74, 6) is -0.733. The first kappa shape index (κ1) is 20.2. The van der Waals surface area contributed by atoms with Crippen LogP contribution < -0.4 is 10.1 Å². The van der Waals surface area contributed by atoms with Gasteiger partial charge in [-0.2, -0.15) is 5.26 Å². The average molecular weight is 385 g/mol. The number of carbonyl (C=O) groups is 2. The van der Waals surface area contributed by atoms with E-state index in [9.17, 15) is 9.59 Å². The smallest absolute Gasteiger partial charge is 0.345 e. The van der Waals surface area contributed by atoms with E-state index in [1.807, 2.05) is 6.07 Å². The summed E-state index contributed by atoms with van der Waals surface area (Å²) < 4.78 is 10.1. The first-order chi connectivity index (χ1) is 13.0. The van der Waals surface area contributed by atoms with Crippen molar-refractivity contribution in [2.75, 3.05) is 20.3 Å². The number of esters is 1. The Kier molecular flexibility index (Phi) is 7.56. The number of nitrogens with zero attached hydrogens (tertiary/aromatic N) is 1. The van der Waals surface area contributed by atoms with Gasteiger partial charge in [-0.3, -0.25) is 4.79 Å². The van der Waals surface area contributed by atoms with Gasteiger partial charge in [0.15, 0.2) is 0 Å². The fraction of sp³-hybridized carbons (Fsp3) is 0.150. The van der Waals surface area contributed by atoms with Gasteiger partial charge in [0.25, 0.3) is 5.91 Å². The maximum Gasteiger partial charge on any atom is 0.345 e. The van der Waals surface area contributed by atoms with E-state index in [1.54, 1.807) is 48.5 Å². The molecule has 0 aliphatic carbocycles. The summed E-state index contributed by atoms with van der Waals surface area (Å²) in [4.78, 5) is 24.0.